The second-order valence-corrected chi connectivity index (χ2v) is 5.70. The molecule has 0 amide bonds. The number of hydrogen-bond acceptors (Lipinski definition) is 6. The summed E-state index contributed by atoms with van der Waals surface area (Å²) in [6.45, 7) is 0.511. The Hall–Kier alpha value is -3.19. The normalized spacial score (nSPS) is 10.9. The van der Waals surface area contributed by atoms with Gasteiger partial charge in [-0.25, -0.2) is 0 Å². The maximum absolute atomic E-state index is 9.97. The first kappa shape index (κ1) is 15.3. The van der Waals surface area contributed by atoms with E-state index in [1.807, 2.05) is 24.3 Å². The monoisotopic (exact) mass is 353 g/mol. The molecule has 0 aliphatic carbocycles. The van der Waals surface area contributed by atoms with Crippen molar-refractivity contribution in [3.8, 4) is 17.6 Å². The van der Waals surface area contributed by atoms with E-state index < -0.39 is 0 Å². The fourth-order valence-corrected chi connectivity index (χ4v) is 2.57. The van der Waals surface area contributed by atoms with E-state index in [1.54, 1.807) is 29.3 Å². The third kappa shape index (κ3) is 3.22. The van der Waals surface area contributed by atoms with Crippen LogP contribution in [-0.4, -0.2) is 29.8 Å². The number of rotatable bonds is 4. The molecule has 1 aromatic carbocycles. The Morgan fingerprint density at radius 2 is 2.00 bits per heavy atom. The average molecular weight is 354 g/mol. The van der Waals surface area contributed by atoms with E-state index >= 15 is 0 Å². The van der Waals surface area contributed by atoms with Crippen LogP contribution in [0.3, 0.4) is 0 Å². The van der Waals surface area contributed by atoms with Gasteiger partial charge in [0.1, 0.15) is 0 Å². The van der Waals surface area contributed by atoms with Crippen LogP contribution < -0.4 is 4.74 Å². The van der Waals surface area contributed by atoms with Gasteiger partial charge in [-0.2, -0.15) is 15.1 Å². The molecule has 0 saturated heterocycles. The first-order chi connectivity index (χ1) is 12.2. The van der Waals surface area contributed by atoms with Gasteiger partial charge in [-0.3, -0.25) is 9.67 Å². The molecule has 4 rings (SSSR count). The molecule has 0 unspecified atom stereocenters. The summed E-state index contributed by atoms with van der Waals surface area (Å²) in [6, 6.07) is 9.22. The Morgan fingerprint density at radius 1 is 1.12 bits per heavy atom. The van der Waals surface area contributed by atoms with Crippen LogP contribution in [-0.2, 0) is 6.54 Å². The molecule has 0 aliphatic heterocycles. The summed E-state index contributed by atoms with van der Waals surface area (Å²) in [5.74, 6) is 0.292. The van der Waals surface area contributed by atoms with Gasteiger partial charge < -0.3 is 9.84 Å². The van der Waals surface area contributed by atoms with E-state index in [2.05, 4.69) is 20.1 Å². The van der Waals surface area contributed by atoms with Crippen LogP contribution in [0.5, 0.6) is 17.6 Å². The van der Waals surface area contributed by atoms with Crippen LogP contribution in [0.25, 0.3) is 10.9 Å². The highest BCUT2D eigenvalue weighted by atomic mass is 35.5. The zero-order valence-electron chi connectivity index (χ0n) is 12.9. The first-order valence-electron chi connectivity index (χ1n) is 7.43. The lowest BCUT2D eigenvalue weighted by atomic mass is 10.2. The minimum atomic E-state index is -0.161. The Labute approximate surface area is 147 Å². The molecule has 0 bridgehead atoms. The predicted octanol–water partition coefficient (Wildman–Crippen LogP) is 3.42. The zero-order chi connectivity index (χ0) is 17.2. The lowest BCUT2D eigenvalue weighted by Crippen LogP contribution is -2.00. The van der Waals surface area contributed by atoms with Gasteiger partial charge >= 0.3 is 6.01 Å². The molecule has 8 heteroatoms. The van der Waals surface area contributed by atoms with Gasteiger partial charge in [0.2, 0.25) is 5.88 Å². The summed E-state index contributed by atoms with van der Waals surface area (Å²) in [4.78, 5) is 12.1. The minimum absolute atomic E-state index is 0.0234. The maximum atomic E-state index is 9.97. The highest BCUT2D eigenvalue weighted by Crippen LogP contribution is 2.25. The average Bonchev–Trinajstić information content (AvgIpc) is 3.04. The molecule has 0 saturated carbocycles. The standard InChI is InChI=1S/C17H12ClN5O2/c18-14-4-2-1-3-11(14)9-23-10-12(7-20-23)25-17-21-15-8-19-6-5-13(15)16(24)22-17/h1-8,10H,9H2,(H,21,22,24). The third-order valence-electron chi connectivity index (χ3n) is 3.57. The van der Waals surface area contributed by atoms with E-state index in [9.17, 15) is 5.11 Å². The molecule has 4 aromatic rings. The summed E-state index contributed by atoms with van der Waals surface area (Å²) in [5.41, 5.74) is 1.44. The maximum Gasteiger partial charge on any atom is 0.326 e. The molecule has 0 atom stereocenters. The third-order valence-corrected chi connectivity index (χ3v) is 3.94. The SMILES string of the molecule is Oc1nc(Oc2cnn(Cc3ccccc3Cl)c2)nc2cnccc12. The smallest absolute Gasteiger partial charge is 0.326 e. The van der Waals surface area contributed by atoms with Crippen molar-refractivity contribution in [1.29, 1.82) is 0 Å². The molecule has 3 heterocycles. The van der Waals surface area contributed by atoms with Gasteiger partial charge in [0, 0.05) is 11.2 Å². The number of fused-ring (bicyclic) bond motifs is 1. The van der Waals surface area contributed by atoms with E-state index in [1.165, 1.54) is 6.20 Å². The predicted molar refractivity (Wildman–Crippen MR) is 91.9 cm³/mol. The van der Waals surface area contributed by atoms with E-state index in [4.69, 9.17) is 16.3 Å². The fraction of sp³-hybridized carbons (Fsp3) is 0.0588. The molecule has 0 fully saturated rings. The molecular weight excluding hydrogens is 342 g/mol. The van der Waals surface area contributed by atoms with Crippen molar-refractivity contribution in [3.63, 3.8) is 0 Å². The second kappa shape index (κ2) is 6.37. The van der Waals surface area contributed by atoms with Gasteiger partial charge in [-0.05, 0) is 17.7 Å². The van der Waals surface area contributed by atoms with Gasteiger partial charge in [0.15, 0.2) is 5.75 Å². The number of hydrogen-bond donors (Lipinski definition) is 1. The van der Waals surface area contributed by atoms with Crippen LogP contribution in [0.4, 0.5) is 0 Å². The topological polar surface area (TPSA) is 86.0 Å². The quantitative estimate of drug-likeness (QED) is 0.605. The number of aromatic nitrogens is 5. The van der Waals surface area contributed by atoms with Crippen molar-refractivity contribution in [2.75, 3.05) is 0 Å². The zero-order valence-corrected chi connectivity index (χ0v) is 13.6. The van der Waals surface area contributed by atoms with Gasteiger partial charge in [-0.15, -0.1) is 0 Å². The molecule has 0 spiro atoms. The van der Waals surface area contributed by atoms with Crippen LogP contribution in [0.2, 0.25) is 5.02 Å². The Bertz CT molecular complexity index is 1050. The molecule has 124 valence electrons. The van der Waals surface area contributed by atoms with Crippen molar-refractivity contribution in [3.05, 3.63) is 65.7 Å². The van der Waals surface area contributed by atoms with Crippen LogP contribution in [0.15, 0.2) is 55.1 Å². The number of pyridine rings is 1. The second-order valence-electron chi connectivity index (χ2n) is 5.29. The summed E-state index contributed by atoms with van der Waals surface area (Å²) < 4.78 is 7.28. The van der Waals surface area contributed by atoms with Gasteiger partial charge in [0.25, 0.3) is 0 Å². The van der Waals surface area contributed by atoms with E-state index in [0.29, 0.717) is 28.2 Å². The number of benzene rings is 1. The largest absolute Gasteiger partial charge is 0.493 e. The summed E-state index contributed by atoms with van der Waals surface area (Å²) >= 11 is 6.16. The van der Waals surface area contributed by atoms with Crippen molar-refractivity contribution < 1.29 is 9.84 Å². The highest BCUT2D eigenvalue weighted by molar-refractivity contribution is 6.31. The fourth-order valence-electron chi connectivity index (χ4n) is 2.38. The Kier molecular flexibility index (Phi) is 3.91. The molecule has 1 N–H and O–H groups in total. The highest BCUT2D eigenvalue weighted by Gasteiger charge is 2.10. The summed E-state index contributed by atoms with van der Waals surface area (Å²) in [7, 11) is 0. The van der Waals surface area contributed by atoms with Crippen LogP contribution >= 0.6 is 11.6 Å². The number of nitrogens with zero attached hydrogens (tertiary/aromatic N) is 5. The molecule has 3 aromatic heterocycles. The van der Waals surface area contributed by atoms with Gasteiger partial charge in [-0.1, -0.05) is 29.8 Å². The molecule has 7 nitrogen and oxygen atoms in total. The molecular formula is C17H12ClN5O2. The van der Waals surface area contributed by atoms with Crippen LogP contribution in [0.1, 0.15) is 5.56 Å². The lowest BCUT2D eigenvalue weighted by molar-refractivity contribution is 0.411. The number of aromatic hydroxyl groups is 1. The van der Waals surface area contributed by atoms with Crippen LogP contribution in [0, 0.1) is 0 Å². The van der Waals surface area contributed by atoms with E-state index in [-0.39, 0.29) is 11.9 Å². The van der Waals surface area contributed by atoms with Crippen molar-refractivity contribution in [2.45, 2.75) is 6.54 Å². The van der Waals surface area contributed by atoms with Crippen molar-refractivity contribution in [1.82, 2.24) is 24.7 Å². The molecule has 25 heavy (non-hydrogen) atoms. The minimum Gasteiger partial charge on any atom is -0.493 e. The molecule has 0 aliphatic rings. The Morgan fingerprint density at radius 3 is 2.88 bits per heavy atom. The Balaban J connectivity index is 1.56. The summed E-state index contributed by atoms with van der Waals surface area (Å²) in [5, 5.41) is 15.4. The van der Waals surface area contributed by atoms with E-state index in [0.717, 1.165) is 5.56 Å². The van der Waals surface area contributed by atoms with Gasteiger partial charge in [0.05, 0.1) is 36.0 Å². The molecule has 0 radical (unpaired) electrons. The van der Waals surface area contributed by atoms with Crippen molar-refractivity contribution in [2.24, 2.45) is 0 Å². The first-order valence-corrected chi connectivity index (χ1v) is 7.81. The number of halogens is 1. The van der Waals surface area contributed by atoms with Crippen molar-refractivity contribution >= 4 is 22.5 Å². The lowest BCUT2D eigenvalue weighted by Gasteiger charge is -2.04. The number of ether oxygens (including phenoxy) is 1. The summed E-state index contributed by atoms with van der Waals surface area (Å²) in [6.07, 6.45) is 6.34.